The maximum Gasteiger partial charge on any atom is 0.143 e. The summed E-state index contributed by atoms with van der Waals surface area (Å²) in [6.45, 7) is 15.0. The first-order chi connectivity index (χ1) is 10.1. The van der Waals surface area contributed by atoms with Crippen LogP contribution in [0.25, 0.3) is 10.9 Å². The molecule has 2 aromatic rings. The molecule has 21 heavy (non-hydrogen) atoms. The van der Waals surface area contributed by atoms with Gasteiger partial charge < -0.3 is 10.3 Å². The van der Waals surface area contributed by atoms with E-state index in [4.69, 9.17) is 0 Å². The number of para-hydroxylation sites is 1. The minimum atomic E-state index is 0.196. The lowest BCUT2D eigenvalue weighted by atomic mass is 10.2. The first-order valence-electron chi connectivity index (χ1n) is 7.88. The Morgan fingerprint density at radius 1 is 1.14 bits per heavy atom. The lowest BCUT2D eigenvalue weighted by Gasteiger charge is -1.91. The summed E-state index contributed by atoms with van der Waals surface area (Å²) in [5, 5.41) is 4.22. The van der Waals surface area contributed by atoms with Gasteiger partial charge in [-0.05, 0) is 32.0 Å². The molecule has 0 aliphatic rings. The lowest BCUT2D eigenvalue weighted by Crippen LogP contribution is -2.19. The Hall–Kier alpha value is -1.61. The first kappa shape index (κ1) is 21.7. The minimum Gasteiger partial charge on any atom is -0.361 e. The van der Waals surface area contributed by atoms with Crippen molar-refractivity contribution < 1.29 is 4.79 Å². The molecule has 0 saturated carbocycles. The molecule has 0 fully saturated rings. The number of likely N-dealkylation sites (N-methyl/N-ethyl adjacent to an activating group) is 1. The third-order valence-corrected chi connectivity index (χ3v) is 2.42. The summed E-state index contributed by atoms with van der Waals surface area (Å²) in [6, 6.07) is 8.31. The largest absolute Gasteiger partial charge is 0.361 e. The van der Waals surface area contributed by atoms with Crippen molar-refractivity contribution in [2.45, 2.75) is 48.5 Å². The first-order valence-corrected chi connectivity index (χ1v) is 7.88. The number of Topliss-reactive ketones (excluding diaryl/α,β-unsaturated/α-hetero) is 1. The molecule has 0 atom stereocenters. The Bertz CT molecular complexity index is 475. The van der Waals surface area contributed by atoms with Crippen molar-refractivity contribution in [1.29, 1.82) is 0 Å². The molecule has 0 spiro atoms. The molecule has 3 heteroatoms. The SMILES string of the molecule is CC.CC.CCNCC(C)=O.Cc1c[nH]c2ccccc12. The highest BCUT2D eigenvalue weighted by Crippen LogP contribution is 2.15. The third-order valence-electron chi connectivity index (χ3n) is 2.42. The average molecular weight is 292 g/mol. The topological polar surface area (TPSA) is 44.9 Å². The predicted octanol–water partition coefficient (Wildman–Crippen LogP) is 4.71. The second-order valence-corrected chi connectivity index (χ2v) is 4.00. The molecule has 0 bridgehead atoms. The maximum atomic E-state index is 10.1. The Labute approximate surface area is 130 Å². The number of carbonyl (C=O) groups excluding carboxylic acids is 1. The van der Waals surface area contributed by atoms with E-state index in [9.17, 15) is 4.79 Å². The molecule has 0 amide bonds. The van der Waals surface area contributed by atoms with Crippen molar-refractivity contribution in [2.75, 3.05) is 13.1 Å². The van der Waals surface area contributed by atoms with Crippen molar-refractivity contribution in [2.24, 2.45) is 0 Å². The van der Waals surface area contributed by atoms with E-state index in [1.165, 1.54) is 16.5 Å². The van der Waals surface area contributed by atoms with E-state index in [0.717, 1.165) is 6.54 Å². The number of nitrogens with one attached hydrogen (secondary N) is 2. The standard InChI is InChI=1S/C9H9N.C5H11NO.2C2H6/c1-7-6-10-9-5-3-2-4-8(7)9;1-3-6-4-5(2)7;2*1-2/h2-6,10H,1H3;6H,3-4H2,1-2H3;2*1-2H3. The van der Waals surface area contributed by atoms with Crippen LogP contribution in [-0.2, 0) is 4.79 Å². The summed E-state index contributed by atoms with van der Waals surface area (Å²) >= 11 is 0. The number of hydrogen-bond acceptors (Lipinski definition) is 2. The average Bonchev–Trinajstić information content (AvgIpc) is 2.92. The molecular formula is C18H32N2O. The molecule has 0 unspecified atom stereocenters. The molecular weight excluding hydrogens is 260 g/mol. The van der Waals surface area contributed by atoms with Crippen LogP contribution in [0.4, 0.5) is 0 Å². The van der Waals surface area contributed by atoms with E-state index in [1.54, 1.807) is 6.92 Å². The molecule has 1 heterocycles. The number of hydrogen-bond donors (Lipinski definition) is 2. The van der Waals surface area contributed by atoms with Crippen LogP contribution in [0.1, 0.15) is 47.1 Å². The number of aromatic amines is 1. The van der Waals surface area contributed by atoms with Gasteiger partial charge in [0.25, 0.3) is 0 Å². The summed E-state index contributed by atoms with van der Waals surface area (Å²) in [7, 11) is 0. The number of fused-ring (bicyclic) bond motifs is 1. The molecule has 120 valence electrons. The zero-order valence-electron chi connectivity index (χ0n) is 14.7. The molecule has 1 aromatic carbocycles. The van der Waals surface area contributed by atoms with Gasteiger partial charge in [0.1, 0.15) is 5.78 Å². The van der Waals surface area contributed by atoms with Crippen molar-refractivity contribution in [3.8, 4) is 0 Å². The van der Waals surface area contributed by atoms with Crippen molar-refractivity contribution in [3.05, 3.63) is 36.0 Å². The fourth-order valence-corrected chi connectivity index (χ4v) is 1.52. The number of carbonyl (C=O) groups is 1. The van der Waals surface area contributed by atoms with Crippen LogP contribution in [0.5, 0.6) is 0 Å². The fourth-order valence-electron chi connectivity index (χ4n) is 1.52. The lowest BCUT2D eigenvalue weighted by molar-refractivity contribution is -0.116. The summed E-state index contributed by atoms with van der Waals surface area (Å²) in [6.07, 6.45) is 2.03. The van der Waals surface area contributed by atoms with E-state index in [2.05, 4.69) is 35.4 Å². The third kappa shape index (κ3) is 9.85. The van der Waals surface area contributed by atoms with Gasteiger partial charge in [-0.15, -0.1) is 0 Å². The highest BCUT2D eigenvalue weighted by Gasteiger charge is 1.94. The van der Waals surface area contributed by atoms with Crippen LogP contribution < -0.4 is 5.32 Å². The van der Waals surface area contributed by atoms with Crippen LogP contribution in [0.3, 0.4) is 0 Å². The number of aromatic nitrogens is 1. The number of ketones is 1. The predicted molar refractivity (Wildman–Crippen MR) is 95.0 cm³/mol. The highest BCUT2D eigenvalue weighted by molar-refractivity contribution is 5.82. The van der Waals surface area contributed by atoms with Gasteiger partial charge in [-0.3, -0.25) is 4.79 Å². The summed E-state index contributed by atoms with van der Waals surface area (Å²) in [4.78, 5) is 13.3. The molecule has 2 rings (SSSR count). The van der Waals surface area contributed by atoms with Crippen LogP contribution in [0.2, 0.25) is 0 Å². The van der Waals surface area contributed by atoms with Gasteiger partial charge in [0.2, 0.25) is 0 Å². The number of aryl methyl sites for hydroxylation is 1. The van der Waals surface area contributed by atoms with E-state index in [1.807, 2.05) is 46.9 Å². The molecule has 0 saturated heterocycles. The van der Waals surface area contributed by atoms with E-state index in [-0.39, 0.29) is 5.78 Å². The van der Waals surface area contributed by atoms with E-state index in [0.29, 0.717) is 6.54 Å². The normalized spacial score (nSPS) is 8.52. The smallest absolute Gasteiger partial charge is 0.143 e. The van der Waals surface area contributed by atoms with Crippen LogP contribution in [0, 0.1) is 6.92 Å². The van der Waals surface area contributed by atoms with E-state index < -0.39 is 0 Å². The van der Waals surface area contributed by atoms with Crippen LogP contribution in [-0.4, -0.2) is 23.9 Å². The molecule has 1 aromatic heterocycles. The zero-order valence-corrected chi connectivity index (χ0v) is 14.7. The molecule has 3 nitrogen and oxygen atoms in total. The monoisotopic (exact) mass is 292 g/mol. The molecule has 0 aliphatic heterocycles. The Kier molecular flexibility index (Phi) is 15.3. The number of rotatable bonds is 3. The Morgan fingerprint density at radius 2 is 1.71 bits per heavy atom. The van der Waals surface area contributed by atoms with Crippen molar-refractivity contribution in [3.63, 3.8) is 0 Å². The van der Waals surface area contributed by atoms with Gasteiger partial charge in [0, 0.05) is 17.1 Å². The maximum absolute atomic E-state index is 10.1. The second-order valence-electron chi connectivity index (χ2n) is 4.00. The molecule has 2 N–H and O–H groups in total. The fraction of sp³-hybridized carbons (Fsp3) is 0.500. The van der Waals surface area contributed by atoms with Crippen LogP contribution in [0.15, 0.2) is 30.5 Å². The van der Waals surface area contributed by atoms with Gasteiger partial charge in [-0.2, -0.15) is 0 Å². The molecule has 0 radical (unpaired) electrons. The Balaban J connectivity index is 0. The van der Waals surface area contributed by atoms with Gasteiger partial charge in [-0.1, -0.05) is 52.8 Å². The summed E-state index contributed by atoms with van der Waals surface area (Å²) < 4.78 is 0. The van der Waals surface area contributed by atoms with Crippen molar-refractivity contribution in [1.82, 2.24) is 10.3 Å². The summed E-state index contributed by atoms with van der Waals surface area (Å²) in [5.41, 5.74) is 2.54. The quantitative estimate of drug-likeness (QED) is 0.860. The minimum absolute atomic E-state index is 0.196. The van der Waals surface area contributed by atoms with Crippen LogP contribution >= 0.6 is 0 Å². The van der Waals surface area contributed by atoms with Gasteiger partial charge in [0.05, 0.1) is 6.54 Å². The molecule has 0 aliphatic carbocycles. The second kappa shape index (κ2) is 14.8. The van der Waals surface area contributed by atoms with Gasteiger partial charge >= 0.3 is 0 Å². The van der Waals surface area contributed by atoms with Gasteiger partial charge in [-0.25, -0.2) is 0 Å². The van der Waals surface area contributed by atoms with E-state index >= 15 is 0 Å². The summed E-state index contributed by atoms with van der Waals surface area (Å²) in [5.74, 6) is 0.196. The van der Waals surface area contributed by atoms with Gasteiger partial charge in [0.15, 0.2) is 0 Å². The highest BCUT2D eigenvalue weighted by atomic mass is 16.1. The Morgan fingerprint density at radius 3 is 2.14 bits per heavy atom. The zero-order chi connectivity index (χ0) is 16.7. The number of benzene rings is 1. The van der Waals surface area contributed by atoms with Crippen molar-refractivity contribution >= 4 is 16.7 Å². The number of H-pyrrole nitrogens is 1.